The van der Waals surface area contributed by atoms with Crippen LogP contribution in [0.25, 0.3) is 11.4 Å². The molecule has 0 bridgehead atoms. The number of aromatic nitrogens is 2. The van der Waals surface area contributed by atoms with E-state index < -0.39 is 0 Å². The van der Waals surface area contributed by atoms with Gasteiger partial charge in [-0.1, -0.05) is 44.0 Å². The smallest absolute Gasteiger partial charge is 0.302 e. The number of aryl methyl sites for hydroxylation is 1. The van der Waals surface area contributed by atoms with Gasteiger partial charge in [0.2, 0.25) is 0 Å². The number of hydrogen-bond acceptors (Lipinski definition) is 3. The first kappa shape index (κ1) is 18.8. The predicted molar refractivity (Wildman–Crippen MR) is 97.3 cm³/mol. The normalized spacial score (nSPS) is 12.9. The van der Waals surface area contributed by atoms with Crippen LogP contribution in [0.2, 0.25) is 10.0 Å². The molecule has 130 valence electrons. The topological polar surface area (TPSA) is 44.1 Å². The second kappa shape index (κ2) is 7.58. The Morgan fingerprint density at radius 1 is 1.33 bits per heavy atom. The fourth-order valence-corrected chi connectivity index (χ4v) is 3.02. The predicted octanol–water partition coefficient (Wildman–Crippen LogP) is 5.22. The number of rotatable bonds is 5. The second-order valence-corrected chi connectivity index (χ2v) is 7.66. The van der Waals surface area contributed by atoms with Crippen LogP contribution in [0.3, 0.4) is 0 Å². The van der Waals surface area contributed by atoms with E-state index in [0.717, 1.165) is 11.4 Å². The molecule has 0 saturated heterocycles. The molecule has 0 saturated carbocycles. The Morgan fingerprint density at radius 3 is 2.62 bits per heavy atom. The molecule has 2 aromatic rings. The van der Waals surface area contributed by atoms with Crippen molar-refractivity contribution in [2.75, 3.05) is 0 Å². The number of imidazole rings is 1. The van der Waals surface area contributed by atoms with Gasteiger partial charge in [0.15, 0.2) is 0 Å². The van der Waals surface area contributed by atoms with E-state index in [-0.39, 0.29) is 17.5 Å². The lowest BCUT2D eigenvalue weighted by atomic mass is 9.87. The minimum Gasteiger partial charge on any atom is -0.462 e. The molecule has 0 fully saturated rings. The first-order chi connectivity index (χ1) is 11.2. The van der Waals surface area contributed by atoms with Crippen molar-refractivity contribution in [1.82, 2.24) is 9.55 Å². The molecular weight excluding hydrogens is 347 g/mol. The summed E-state index contributed by atoms with van der Waals surface area (Å²) < 4.78 is 7.49. The molecule has 0 aliphatic heterocycles. The number of benzene rings is 1. The van der Waals surface area contributed by atoms with Gasteiger partial charge in [0.05, 0.1) is 5.02 Å². The highest BCUT2D eigenvalue weighted by Crippen LogP contribution is 2.30. The van der Waals surface area contributed by atoms with E-state index in [9.17, 15) is 4.79 Å². The zero-order valence-electron chi connectivity index (χ0n) is 14.3. The van der Waals surface area contributed by atoms with Crippen LogP contribution in [-0.2, 0) is 16.1 Å². The van der Waals surface area contributed by atoms with E-state index in [2.05, 4.69) is 25.8 Å². The van der Waals surface area contributed by atoms with Gasteiger partial charge >= 0.3 is 5.97 Å². The Kier molecular flexibility index (Phi) is 5.94. The molecule has 4 nitrogen and oxygen atoms in total. The second-order valence-electron chi connectivity index (χ2n) is 6.82. The summed E-state index contributed by atoms with van der Waals surface area (Å²) in [4.78, 5) is 15.8. The van der Waals surface area contributed by atoms with Gasteiger partial charge in [0, 0.05) is 42.9 Å². The summed E-state index contributed by atoms with van der Waals surface area (Å²) in [6.45, 7) is 8.29. The van der Waals surface area contributed by atoms with Crippen molar-refractivity contribution < 1.29 is 9.53 Å². The van der Waals surface area contributed by atoms with Crippen molar-refractivity contribution in [1.29, 1.82) is 0 Å². The SMILES string of the molecule is CC(=O)OC(CCn1ccnc1-c1ccc(Cl)cc1Cl)C(C)(C)C. The average molecular weight is 369 g/mol. The maximum atomic E-state index is 11.4. The van der Waals surface area contributed by atoms with Gasteiger partial charge in [-0.3, -0.25) is 4.79 Å². The van der Waals surface area contributed by atoms with E-state index in [4.69, 9.17) is 27.9 Å². The molecule has 0 aliphatic carbocycles. The van der Waals surface area contributed by atoms with E-state index >= 15 is 0 Å². The number of halogens is 2. The van der Waals surface area contributed by atoms with Gasteiger partial charge in [-0.25, -0.2) is 4.98 Å². The third-order valence-corrected chi connectivity index (χ3v) is 4.34. The molecule has 0 spiro atoms. The van der Waals surface area contributed by atoms with Crippen molar-refractivity contribution >= 4 is 29.2 Å². The van der Waals surface area contributed by atoms with Gasteiger partial charge < -0.3 is 9.30 Å². The minimum absolute atomic E-state index is 0.135. The van der Waals surface area contributed by atoms with Crippen LogP contribution in [0.4, 0.5) is 0 Å². The third kappa shape index (κ3) is 4.74. The Labute approximate surface area is 152 Å². The van der Waals surface area contributed by atoms with Crippen molar-refractivity contribution in [3.63, 3.8) is 0 Å². The Hall–Kier alpha value is -1.52. The molecule has 0 aliphatic rings. The van der Waals surface area contributed by atoms with Crippen LogP contribution in [-0.4, -0.2) is 21.6 Å². The van der Waals surface area contributed by atoms with Crippen LogP contribution in [0.5, 0.6) is 0 Å². The Bertz CT molecular complexity index is 720. The van der Waals surface area contributed by atoms with Crippen LogP contribution in [0.15, 0.2) is 30.6 Å². The molecule has 1 aromatic heterocycles. The fourth-order valence-electron chi connectivity index (χ4n) is 2.53. The first-order valence-electron chi connectivity index (χ1n) is 7.82. The molecule has 1 heterocycles. The summed E-state index contributed by atoms with van der Waals surface area (Å²) in [6.07, 6.45) is 4.15. The number of ether oxygens (including phenoxy) is 1. The Morgan fingerprint density at radius 2 is 2.04 bits per heavy atom. The molecule has 24 heavy (non-hydrogen) atoms. The lowest BCUT2D eigenvalue weighted by Crippen LogP contribution is -2.32. The number of hydrogen-bond donors (Lipinski definition) is 0. The van der Waals surface area contributed by atoms with Crippen LogP contribution < -0.4 is 0 Å². The molecule has 2 rings (SSSR count). The Balaban J connectivity index is 2.20. The number of esters is 1. The van der Waals surface area contributed by atoms with Crippen molar-refractivity contribution in [2.45, 2.75) is 46.8 Å². The summed E-state index contributed by atoms with van der Waals surface area (Å²) in [6, 6.07) is 5.35. The highest BCUT2D eigenvalue weighted by atomic mass is 35.5. The van der Waals surface area contributed by atoms with E-state index in [1.807, 2.05) is 16.8 Å². The summed E-state index contributed by atoms with van der Waals surface area (Å²) >= 11 is 12.2. The molecule has 6 heteroatoms. The standard InChI is InChI=1S/C18H22Cl2N2O2/c1-12(23)24-16(18(2,3)4)7-9-22-10-8-21-17(22)14-6-5-13(19)11-15(14)20/h5-6,8,10-11,16H,7,9H2,1-4H3. The molecule has 0 N–H and O–H groups in total. The summed E-state index contributed by atoms with van der Waals surface area (Å²) in [7, 11) is 0. The zero-order valence-corrected chi connectivity index (χ0v) is 15.9. The van der Waals surface area contributed by atoms with Gasteiger partial charge in [-0.15, -0.1) is 0 Å². The van der Waals surface area contributed by atoms with Gasteiger partial charge in [-0.2, -0.15) is 0 Å². The highest BCUT2D eigenvalue weighted by molar-refractivity contribution is 6.36. The molecule has 0 amide bonds. The monoisotopic (exact) mass is 368 g/mol. The van der Waals surface area contributed by atoms with Crippen LogP contribution in [0.1, 0.15) is 34.1 Å². The van der Waals surface area contributed by atoms with Gasteiger partial charge in [0.25, 0.3) is 0 Å². The number of nitrogens with zero attached hydrogens (tertiary/aromatic N) is 2. The van der Waals surface area contributed by atoms with E-state index in [1.165, 1.54) is 6.92 Å². The first-order valence-corrected chi connectivity index (χ1v) is 8.58. The zero-order chi connectivity index (χ0) is 17.9. The number of carbonyl (C=O) groups is 1. The third-order valence-electron chi connectivity index (χ3n) is 3.79. The summed E-state index contributed by atoms with van der Waals surface area (Å²) in [5.41, 5.74) is 0.690. The number of carbonyl (C=O) groups excluding carboxylic acids is 1. The average Bonchev–Trinajstić information content (AvgIpc) is 2.90. The van der Waals surface area contributed by atoms with Gasteiger partial charge in [0.1, 0.15) is 11.9 Å². The molecular formula is C18H22Cl2N2O2. The van der Waals surface area contributed by atoms with Crippen molar-refractivity contribution in [3.05, 3.63) is 40.6 Å². The van der Waals surface area contributed by atoms with Crippen LogP contribution in [0, 0.1) is 5.41 Å². The van der Waals surface area contributed by atoms with Crippen molar-refractivity contribution in [3.8, 4) is 11.4 Å². The van der Waals surface area contributed by atoms with Crippen LogP contribution >= 0.6 is 23.2 Å². The molecule has 1 aromatic carbocycles. The fraction of sp³-hybridized carbons (Fsp3) is 0.444. The van der Waals surface area contributed by atoms with E-state index in [1.54, 1.807) is 18.3 Å². The maximum absolute atomic E-state index is 11.4. The summed E-state index contributed by atoms with van der Waals surface area (Å²) in [5.74, 6) is 0.508. The van der Waals surface area contributed by atoms with Gasteiger partial charge in [-0.05, 0) is 23.6 Å². The highest BCUT2D eigenvalue weighted by Gasteiger charge is 2.27. The largest absolute Gasteiger partial charge is 0.462 e. The van der Waals surface area contributed by atoms with Crippen molar-refractivity contribution in [2.24, 2.45) is 5.41 Å². The lowest BCUT2D eigenvalue weighted by molar-refractivity contribution is -0.152. The lowest BCUT2D eigenvalue weighted by Gasteiger charge is -2.30. The maximum Gasteiger partial charge on any atom is 0.302 e. The molecule has 0 radical (unpaired) electrons. The molecule has 1 atom stereocenters. The van der Waals surface area contributed by atoms with E-state index in [0.29, 0.717) is 23.0 Å². The summed E-state index contributed by atoms with van der Waals surface area (Å²) in [5, 5.41) is 1.15. The quantitative estimate of drug-likeness (QED) is 0.679. The minimum atomic E-state index is -0.262. The molecule has 1 unspecified atom stereocenters.